The zero-order valence-electron chi connectivity index (χ0n) is 12.7. The average Bonchev–Trinajstić information content (AvgIpc) is 2.48. The van der Waals surface area contributed by atoms with Gasteiger partial charge in [-0.05, 0) is 19.0 Å². The number of amides is 1. The fourth-order valence-corrected chi connectivity index (χ4v) is 2.82. The van der Waals surface area contributed by atoms with Gasteiger partial charge >= 0.3 is 0 Å². The molecule has 1 aliphatic heterocycles. The monoisotopic (exact) mass is 305 g/mol. The van der Waals surface area contributed by atoms with E-state index in [0.29, 0.717) is 17.5 Å². The lowest BCUT2D eigenvalue weighted by molar-refractivity contribution is -0.133. The molecule has 114 valence electrons. The molecule has 0 aliphatic carbocycles. The predicted octanol–water partition coefficient (Wildman–Crippen LogP) is 1.42. The van der Waals surface area contributed by atoms with Crippen molar-refractivity contribution in [1.29, 1.82) is 0 Å². The molecule has 1 aliphatic rings. The van der Waals surface area contributed by atoms with Crippen LogP contribution in [0.3, 0.4) is 0 Å². The smallest absolute Gasteiger partial charge is 0.227 e. The van der Waals surface area contributed by atoms with E-state index in [2.05, 4.69) is 18.9 Å². The van der Waals surface area contributed by atoms with E-state index in [-0.39, 0.29) is 5.91 Å². The van der Waals surface area contributed by atoms with Crippen LogP contribution < -0.4 is 5.73 Å². The Hall–Kier alpha value is -1.46. The van der Waals surface area contributed by atoms with E-state index in [1.165, 1.54) is 0 Å². The standard InChI is InChI=1S/C16H23N3OS/c1-3-14-11-19(9-8-18(14)2)15(20)10-12-4-6-13(7-5-12)16(17)21/h4-7,14H,3,8-11H2,1-2H3,(H2,17,21). The summed E-state index contributed by atoms with van der Waals surface area (Å²) >= 11 is 4.93. The van der Waals surface area contributed by atoms with Crippen molar-refractivity contribution in [3.63, 3.8) is 0 Å². The molecule has 1 saturated heterocycles. The van der Waals surface area contributed by atoms with Gasteiger partial charge in [0.1, 0.15) is 4.99 Å². The average molecular weight is 305 g/mol. The molecule has 0 bridgehead atoms. The highest BCUT2D eigenvalue weighted by Gasteiger charge is 2.25. The van der Waals surface area contributed by atoms with E-state index in [9.17, 15) is 4.79 Å². The lowest BCUT2D eigenvalue weighted by Gasteiger charge is -2.39. The van der Waals surface area contributed by atoms with Crippen LogP contribution in [-0.2, 0) is 11.2 Å². The molecule has 1 aromatic carbocycles. The number of carbonyl (C=O) groups excluding carboxylic acids is 1. The van der Waals surface area contributed by atoms with Crippen LogP contribution in [0.4, 0.5) is 0 Å². The van der Waals surface area contributed by atoms with E-state index in [4.69, 9.17) is 18.0 Å². The SMILES string of the molecule is CCC1CN(C(=O)Cc2ccc(C(N)=S)cc2)CCN1C. The third-order valence-electron chi connectivity index (χ3n) is 4.19. The molecular weight excluding hydrogens is 282 g/mol. The zero-order valence-corrected chi connectivity index (χ0v) is 13.5. The Morgan fingerprint density at radius 1 is 1.33 bits per heavy atom. The van der Waals surface area contributed by atoms with Crippen molar-refractivity contribution in [3.8, 4) is 0 Å². The lowest BCUT2D eigenvalue weighted by atomic mass is 10.1. The van der Waals surface area contributed by atoms with Crippen LogP contribution in [0, 0.1) is 0 Å². The number of rotatable bonds is 4. The molecule has 1 aromatic rings. The Morgan fingerprint density at radius 2 is 2.00 bits per heavy atom. The normalized spacial score (nSPS) is 19.5. The van der Waals surface area contributed by atoms with E-state index in [0.717, 1.165) is 37.2 Å². The maximum atomic E-state index is 12.4. The van der Waals surface area contributed by atoms with Crippen LogP contribution in [0.2, 0.25) is 0 Å². The molecule has 1 unspecified atom stereocenters. The first-order valence-corrected chi connectivity index (χ1v) is 7.78. The molecule has 2 N–H and O–H groups in total. The minimum atomic E-state index is 0.199. The van der Waals surface area contributed by atoms with Crippen LogP contribution in [0.15, 0.2) is 24.3 Å². The second kappa shape index (κ2) is 7.00. The molecule has 21 heavy (non-hydrogen) atoms. The number of nitrogens with zero attached hydrogens (tertiary/aromatic N) is 2. The first-order valence-electron chi connectivity index (χ1n) is 7.38. The third-order valence-corrected chi connectivity index (χ3v) is 4.43. The van der Waals surface area contributed by atoms with Crippen LogP contribution in [0.5, 0.6) is 0 Å². The van der Waals surface area contributed by atoms with E-state index in [1.54, 1.807) is 0 Å². The second-order valence-electron chi connectivity index (χ2n) is 5.62. The molecular formula is C16H23N3OS. The summed E-state index contributed by atoms with van der Waals surface area (Å²) in [6, 6.07) is 8.09. The quantitative estimate of drug-likeness (QED) is 0.855. The van der Waals surface area contributed by atoms with Gasteiger partial charge in [-0.25, -0.2) is 0 Å². The minimum Gasteiger partial charge on any atom is -0.389 e. The highest BCUT2D eigenvalue weighted by atomic mass is 32.1. The van der Waals surface area contributed by atoms with E-state index < -0.39 is 0 Å². The third kappa shape index (κ3) is 4.02. The first-order chi connectivity index (χ1) is 10.0. The molecule has 1 atom stereocenters. The molecule has 4 nitrogen and oxygen atoms in total. The van der Waals surface area contributed by atoms with Crippen molar-refractivity contribution in [2.24, 2.45) is 5.73 Å². The highest BCUT2D eigenvalue weighted by Crippen LogP contribution is 2.13. The van der Waals surface area contributed by atoms with Crippen LogP contribution in [0.25, 0.3) is 0 Å². The number of piperazine rings is 1. The minimum absolute atomic E-state index is 0.199. The van der Waals surface area contributed by atoms with Crippen molar-refractivity contribution in [2.75, 3.05) is 26.7 Å². The number of hydrogen-bond donors (Lipinski definition) is 1. The Morgan fingerprint density at radius 3 is 2.57 bits per heavy atom. The number of hydrogen-bond acceptors (Lipinski definition) is 3. The number of carbonyl (C=O) groups is 1. The Kier molecular flexibility index (Phi) is 5.31. The van der Waals surface area contributed by atoms with Gasteiger partial charge in [0, 0.05) is 31.2 Å². The van der Waals surface area contributed by atoms with Gasteiger partial charge in [0.25, 0.3) is 0 Å². The maximum Gasteiger partial charge on any atom is 0.227 e. The van der Waals surface area contributed by atoms with Crippen molar-refractivity contribution in [1.82, 2.24) is 9.80 Å². The summed E-state index contributed by atoms with van der Waals surface area (Å²) in [7, 11) is 2.13. The van der Waals surface area contributed by atoms with E-state index in [1.807, 2.05) is 29.2 Å². The van der Waals surface area contributed by atoms with Gasteiger partial charge in [0.05, 0.1) is 6.42 Å². The topological polar surface area (TPSA) is 49.6 Å². The summed E-state index contributed by atoms with van der Waals surface area (Å²) < 4.78 is 0. The molecule has 0 radical (unpaired) electrons. The van der Waals surface area contributed by atoms with Gasteiger partial charge < -0.3 is 10.6 Å². The predicted molar refractivity (Wildman–Crippen MR) is 89.3 cm³/mol. The molecule has 1 fully saturated rings. The van der Waals surface area contributed by atoms with Gasteiger partial charge in [0.15, 0.2) is 0 Å². The molecule has 2 rings (SSSR count). The van der Waals surface area contributed by atoms with Crippen molar-refractivity contribution >= 4 is 23.1 Å². The summed E-state index contributed by atoms with van der Waals surface area (Å²) in [4.78, 5) is 17.1. The number of nitrogens with two attached hydrogens (primary N) is 1. The molecule has 0 aromatic heterocycles. The number of thiocarbonyl (C=S) groups is 1. The molecule has 0 saturated carbocycles. The number of likely N-dealkylation sites (N-methyl/N-ethyl adjacent to an activating group) is 1. The number of benzene rings is 1. The molecule has 1 heterocycles. The fraction of sp³-hybridized carbons (Fsp3) is 0.500. The van der Waals surface area contributed by atoms with Crippen molar-refractivity contribution in [2.45, 2.75) is 25.8 Å². The van der Waals surface area contributed by atoms with Gasteiger partial charge in [-0.15, -0.1) is 0 Å². The first kappa shape index (κ1) is 15.9. The molecule has 5 heteroatoms. The Balaban J connectivity index is 1.96. The summed E-state index contributed by atoms with van der Waals surface area (Å²) in [5.74, 6) is 0.199. The van der Waals surface area contributed by atoms with Crippen LogP contribution in [0.1, 0.15) is 24.5 Å². The largest absolute Gasteiger partial charge is 0.389 e. The maximum absolute atomic E-state index is 12.4. The summed E-state index contributed by atoms with van der Waals surface area (Å²) in [5, 5.41) is 0. The van der Waals surface area contributed by atoms with E-state index >= 15 is 0 Å². The summed E-state index contributed by atoms with van der Waals surface area (Å²) in [6.45, 7) is 4.77. The molecule has 1 amide bonds. The van der Waals surface area contributed by atoms with Crippen molar-refractivity contribution < 1.29 is 4.79 Å². The second-order valence-corrected chi connectivity index (χ2v) is 6.06. The van der Waals surface area contributed by atoms with Gasteiger partial charge in [-0.2, -0.15) is 0 Å². The van der Waals surface area contributed by atoms with Crippen LogP contribution in [-0.4, -0.2) is 53.4 Å². The lowest BCUT2D eigenvalue weighted by Crippen LogP contribution is -2.53. The Bertz CT molecular complexity index is 515. The van der Waals surface area contributed by atoms with Crippen molar-refractivity contribution in [3.05, 3.63) is 35.4 Å². The highest BCUT2D eigenvalue weighted by molar-refractivity contribution is 7.80. The zero-order chi connectivity index (χ0) is 15.4. The fourth-order valence-electron chi connectivity index (χ4n) is 2.69. The van der Waals surface area contributed by atoms with Crippen LogP contribution >= 0.6 is 12.2 Å². The van der Waals surface area contributed by atoms with Gasteiger partial charge in [0.2, 0.25) is 5.91 Å². The van der Waals surface area contributed by atoms with Gasteiger partial charge in [-0.1, -0.05) is 43.4 Å². The summed E-state index contributed by atoms with van der Waals surface area (Å²) in [6.07, 6.45) is 1.51. The Labute approximate surface area is 131 Å². The van der Waals surface area contributed by atoms with Gasteiger partial charge in [-0.3, -0.25) is 9.69 Å². The molecule has 0 spiro atoms. The summed E-state index contributed by atoms with van der Waals surface area (Å²) in [5.41, 5.74) is 7.42.